The molecule has 0 radical (unpaired) electrons. The van der Waals surface area contributed by atoms with Gasteiger partial charge in [0, 0.05) is 23.7 Å². The molecule has 1 aromatic rings. The summed E-state index contributed by atoms with van der Waals surface area (Å²) in [5, 5.41) is 3.41. The van der Waals surface area contributed by atoms with Crippen molar-refractivity contribution in [3.63, 3.8) is 0 Å². The van der Waals surface area contributed by atoms with Crippen molar-refractivity contribution in [1.29, 1.82) is 0 Å². The van der Waals surface area contributed by atoms with Gasteiger partial charge in [-0.2, -0.15) is 0 Å². The number of rotatable bonds is 5. The molecule has 0 aromatic carbocycles. The number of nitrogens with one attached hydrogen (secondary N) is 1. The molecule has 0 spiro atoms. The Morgan fingerprint density at radius 2 is 2.38 bits per heavy atom. The quantitative estimate of drug-likeness (QED) is 0.796. The van der Waals surface area contributed by atoms with Crippen LogP contribution in [0.1, 0.15) is 18.7 Å². The zero-order valence-corrected chi connectivity index (χ0v) is 10.7. The van der Waals surface area contributed by atoms with Crippen LogP contribution >= 0.6 is 11.3 Å². The Morgan fingerprint density at radius 3 is 2.88 bits per heavy atom. The summed E-state index contributed by atoms with van der Waals surface area (Å²) in [6, 6.07) is 0.181. The molecule has 0 atom stereocenters. The lowest BCUT2D eigenvalue weighted by atomic mass is 10.3. The third-order valence-electron chi connectivity index (χ3n) is 1.86. The van der Waals surface area contributed by atoms with Gasteiger partial charge in [-0.1, -0.05) is 0 Å². The molecule has 5 nitrogen and oxygen atoms in total. The summed E-state index contributed by atoms with van der Waals surface area (Å²) in [6.07, 6.45) is 1.75. The highest BCUT2D eigenvalue weighted by Crippen LogP contribution is 2.15. The molecule has 0 aliphatic heterocycles. The summed E-state index contributed by atoms with van der Waals surface area (Å²) in [4.78, 5) is 18.4. The summed E-state index contributed by atoms with van der Waals surface area (Å²) in [7, 11) is 1.90. The monoisotopic (exact) mass is 242 g/mol. The van der Waals surface area contributed by atoms with Gasteiger partial charge in [-0.3, -0.25) is 9.69 Å². The number of amides is 1. The van der Waals surface area contributed by atoms with Crippen molar-refractivity contribution in [1.82, 2.24) is 15.2 Å². The summed E-state index contributed by atoms with van der Waals surface area (Å²) < 4.78 is 0. The average Bonchev–Trinajstić information content (AvgIpc) is 2.48. The van der Waals surface area contributed by atoms with Crippen molar-refractivity contribution in [3.8, 4) is 0 Å². The summed E-state index contributed by atoms with van der Waals surface area (Å²) in [6.45, 7) is 4.97. The van der Waals surface area contributed by atoms with Crippen molar-refractivity contribution in [2.75, 3.05) is 19.3 Å². The summed E-state index contributed by atoms with van der Waals surface area (Å²) in [5.41, 5.74) is 5.53. The molecule has 1 rings (SSSR count). The molecule has 90 valence electrons. The maximum Gasteiger partial charge on any atom is 0.234 e. The highest BCUT2D eigenvalue weighted by atomic mass is 32.1. The summed E-state index contributed by atoms with van der Waals surface area (Å²) in [5.74, 6) is 0.0370. The number of nitrogens with two attached hydrogens (primary N) is 1. The lowest BCUT2D eigenvalue weighted by Gasteiger charge is -2.16. The highest BCUT2D eigenvalue weighted by molar-refractivity contribution is 7.15. The minimum atomic E-state index is 0.0370. The number of carbonyl (C=O) groups is 1. The van der Waals surface area contributed by atoms with Gasteiger partial charge in [-0.15, -0.1) is 11.3 Å². The van der Waals surface area contributed by atoms with Crippen LogP contribution in [0.2, 0.25) is 0 Å². The van der Waals surface area contributed by atoms with E-state index >= 15 is 0 Å². The van der Waals surface area contributed by atoms with E-state index in [9.17, 15) is 4.79 Å². The van der Waals surface area contributed by atoms with E-state index in [1.165, 1.54) is 11.3 Å². The number of anilines is 1. The van der Waals surface area contributed by atoms with E-state index in [2.05, 4.69) is 10.3 Å². The molecule has 0 fully saturated rings. The maximum atomic E-state index is 11.5. The second kappa shape index (κ2) is 5.81. The molecule has 6 heteroatoms. The largest absolute Gasteiger partial charge is 0.375 e. The Morgan fingerprint density at radius 1 is 1.69 bits per heavy atom. The van der Waals surface area contributed by atoms with Gasteiger partial charge in [-0.05, 0) is 20.9 Å². The van der Waals surface area contributed by atoms with E-state index in [0.29, 0.717) is 18.2 Å². The molecule has 0 aliphatic carbocycles. The lowest BCUT2D eigenvalue weighted by molar-refractivity contribution is -0.122. The zero-order valence-electron chi connectivity index (χ0n) is 9.86. The van der Waals surface area contributed by atoms with Gasteiger partial charge in [0.2, 0.25) is 5.91 Å². The molecule has 0 aliphatic rings. The predicted octanol–water partition coefficient (Wildman–Crippen LogP) is 0.682. The first-order valence-corrected chi connectivity index (χ1v) is 5.97. The van der Waals surface area contributed by atoms with Gasteiger partial charge >= 0.3 is 0 Å². The SMILES string of the molecule is CC(C)NC(=O)CN(C)Cc1cnc(N)s1. The second-order valence-electron chi connectivity index (χ2n) is 4.06. The number of nitrogens with zero attached hydrogens (tertiary/aromatic N) is 2. The number of thiazole rings is 1. The zero-order chi connectivity index (χ0) is 12.1. The predicted molar refractivity (Wildman–Crippen MR) is 66.1 cm³/mol. The first kappa shape index (κ1) is 12.9. The first-order valence-electron chi connectivity index (χ1n) is 5.15. The molecule has 1 amide bonds. The fourth-order valence-electron chi connectivity index (χ4n) is 1.33. The molecule has 0 saturated heterocycles. The van der Waals surface area contributed by atoms with E-state index in [0.717, 1.165) is 4.88 Å². The van der Waals surface area contributed by atoms with Crippen molar-refractivity contribution in [3.05, 3.63) is 11.1 Å². The molecule has 16 heavy (non-hydrogen) atoms. The van der Waals surface area contributed by atoms with Crippen molar-refractivity contribution in [2.45, 2.75) is 26.4 Å². The van der Waals surface area contributed by atoms with Crippen molar-refractivity contribution < 1.29 is 4.79 Å². The topological polar surface area (TPSA) is 71.2 Å². The number of nitrogen functional groups attached to an aromatic ring is 1. The number of likely N-dealkylation sites (N-methyl/N-ethyl adjacent to an activating group) is 1. The van der Waals surface area contributed by atoms with Crippen LogP contribution in [0, 0.1) is 0 Å². The molecular formula is C10H18N4OS. The van der Waals surface area contributed by atoms with Gasteiger partial charge < -0.3 is 11.1 Å². The Labute approximate surface area is 99.7 Å². The van der Waals surface area contributed by atoms with E-state index in [4.69, 9.17) is 5.73 Å². The number of hydrogen-bond donors (Lipinski definition) is 2. The molecule has 0 unspecified atom stereocenters. The standard InChI is InChI=1S/C10H18N4OS/c1-7(2)13-9(15)6-14(3)5-8-4-12-10(11)16-8/h4,7H,5-6H2,1-3H3,(H2,11,12)(H,13,15). The van der Waals surface area contributed by atoms with E-state index in [1.807, 2.05) is 25.8 Å². The number of hydrogen-bond acceptors (Lipinski definition) is 5. The van der Waals surface area contributed by atoms with Crippen LogP contribution in [-0.2, 0) is 11.3 Å². The van der Waals surface area contributed by atoms with Gasteiger partial charge in [0.15, 0.2) is 5.13 Å². The average molecular weight is 242 g/mol. The molecular weight excluding hydrogens is 224 g/mol. The van der Waals surface area contributed by atoms with Crippen LogP contribution in [0.15, 0.2) is 6.20 Å². The van der Waals surface area contributed by atoms with E-state index < -0.39 is 0 Å². The number of carbonyl (C=O) groups excluding carboxylic acids is 1. The minimum absolute atomic E-state index is 0.0370. The molecule has 0 bridgehead atoms. The van der Waals surface area contributed by atoms with Crippen LogP contribution in [0.3, 0.4) is 0 Å². The van der Waals surface area contributed by atoms with Crippen molar-refractivity contribution >= 4 is 22.4 Å². The Balaban J connectivity index is 2.35. The van der Waals surface area contributed by atoms with Crippen LogP contribution in [0.4, 0.5) is 5.13 Å². The highest BCUT2D eigenvalue weighted by Gasteiger charge is 2.09. The third-order valence-corrected chi connectivity index (χ3v) is 2.67. The third kappa shape index (κ3) is 4.59. The second-order valence-corrected chi connectivity index (χ2v) is 5.21. The van der Waals surface area contributed by atoms with E-state index in [-0.39, 0.29) is 11.9 Å². The Kier molecular flexibility index (Phi) is 4.70. The van der Waals surface area contributed by atoms with Crippen LogP contribution in [0.25, 0.3) is 0 Å². The van der Waals surface area contributed by atoms with E-state index in [1.54, 1.807) is 6.20 Å². The normalized spacial score (nSPS) is 11.1. The molecule has 1 heterocycles. The van der Waals surface area contributed by atoms with Gasteiger partial charge in [-0.25, -0.2) is 4.98 Å². The molecule has 3 N–H and O–H groups in total. The Hall–Kier alpha value is -1.14. The Bertz CT molecular complexity index is 350. The molecule has 1 aromatic heterocycles. The van der Waals surface area contributed by atoms with Crippen LogP contribution in [-0.4, -0.2) is 35.4 Å². The lowest BCUT2D eigenvalue weighted by Crippen LogP contribution is -2.38. The maximum absolute atomic E-state index is 11.5. The minimum Gasteiger partial charge on any atom is -0.375 e. The van der Waals surface area contributed by atoms with Crippen molar-refractivity contribution in [2.24, 2.45) is 0 Å². The first-order chi connectivity index (χ1) is 7.47. The van der Waals surface area contributed by atoms with Crippen LogP contribution < -0.4 is 11.1 Å². The molecule has 0 saturated carbocycles. The number of aromatic nitrogens is 1. The smallest absolute Gasteiger partial charge is 0.234 e. The van der Waals surface area contributed by atoms with Crippen LogP contribution in [0.5, 0.6) is 0 Å². The fraction of sp³-hybridized carbons (Fsp3) is 0.600. The van der Waals surface area contributed by atoms with Gasteiger partial charge in [0.05, 0.1) is 6.54 Å². The van der Waals surface area contributed by atoms with Gasteiger partial charge in [0.1, 0.15) is 0 Å². The summed E-state index contributed by atoms with van der Waals surface area (Å²) >= 11 is 1.45. The fourth-order valence-corrected chi connectivity index (χ4v) is 2.09. The van der Waals surface area contributed by atoms with Gasteiger partial charge in [0.25, 0.3) is 0 Å².